The Labute approximate surface area is 218 Å². The fraction of sp³-hybridized carbons (Fsp3) is 0.435. The van der Waals surface area contributed by atoms with Crippen LogP contribution in [0.2, 0.25) is 5.02 Å². The quantitative estimate of drug-likeness (QED) is 0.305. The number of aryl methyl sites for hydroxylation is 1. The lowest BCUT2D eigenvalue weighted by Gasteiger charge is -2.24. The number of ether oxygens (including phenoxy) is 2. The molecule has 0 amide bonds. The van der Waals surface area contributed by atoms with Crippen molar-refractivity contribution >= 4 is 38.5 Å². The second kappa shape index (κ2) is 9.63. The average Bonchev–Trinajstić information content (AvgIpc) is 3.33. The molecule has 1 fully saturated rings. The number of halogens is 1. The third-order valence-electron chi connectivity index (χ3n) is 6.61. The zero-order chi connectivity index (χ0) is 26.4. The Balaban J connectivity index is 1.55. The molecule has 14 heteroatoms. The summed E-state index contributed by atoms with van der Waals surface area (Å²) in [6, 6.07) is 5.93. The second-order valence-electron chi connectivity index (χ2n) is 9.23. The number of hydrogen-bond donors (Lipinski definition) is 2. The second-order valence-corrected chi connectivity index (χ2v) is 11.7. The predicted octanol–water partition coefficient (Wildman–Crippen LogP) is 3.23. The van der Waals surface area contributed by atoms with Crippen molar-refractivity contribution in [2.45, 2.75) is 43.6 Å². The fourth-order valence-electron chi connectivity index (χ4n) is 4.46. The lowest BCUT2D eigenvalue weighted by molar-refractivity contribution is 0.0950. The summed E-state index contributed by atoms with van der Waals surface area (Å²) in [7, 11) is -1.03. The number of nitrogens with one attached hydrogen (secondary N) is 2. The van der Waals surface area contributed by atoms with E-state index in [1.165, 1.54) is 26.4 Å². The van der Waals surface area contributed by atoms with Gasteiger partial charge in [-0.25, -0.2) is 18.4 Å². The van der Waals surface area contributed by atoms with E-state index in [1.54, 1.807) is 11.7 Å². The summed E-state index contributed by atoms with van der Waals surface area (Å²) < 4.78 is 42.5. The van der Waals surface area contributed by atoms with Gasteiger partial charge in [0.2, 0.25) is 16.0 Å². The SMILES string of the molecule is COCC1(n2c(NS(=O)(=O)C(C)C(OC)c3ncc(Cl)cn3)nnc2-c2n[nH]c3ccc(C)cc23)CC1. The first-order valence-corrected chi connectivity index (χ1v) is 13.5. The van der Waals surface area contributed by atoms with Crippen LogP contribution in [0.15, 0.2) is 30.6 Å². The number of H-pyrrole nitrogens is 1. The maximum Gasteiger partial charge on any atom is 0.240 e. The van der Waals surface area contributed by atoms with Crippen LogP contribution < -0.4 is 4.72 Å². The average molecular weight is 547 g/mol. The summed E-state index contributed by atoms with van der Waals surface area (Å²) in [5.74, 6) is 0.719. The molecule has 4 aromatic rings. The third-order valence-corrected chi connectivity index (χ3v) is 8.49. The highest BCUT2D eigenvalue weighted by Gasteiger charge is 2.49. The first-order valence-electron chi connectivity index (χ1n) is 11.6. The van der Waals surface area contributed by atoms with Crippen molar-refractivity contribution in [1.82, 2.24) is 34.9 Å². The summed E-state index contributed by atoms with van der Waals surface area (Å²) in [5.41, 5.74) is 1.98. The molecular formula is C23H27ClN8O4S. The summed E-state index contributed by atoms with van der Waals surface area (Å²) in [6.07, 6.45) is 3.39. The normalized spacial score (nSPS) is 16.6. The van der Waals surface area contributed by atoms with Crippen LogP contribution in [0.5, 0.6) is 0 Å². The highest BCUT2D eigenvalue weighted by Crippen LogP contribution is 2.48. The molecular weight excluding hydrogens is 520 g/mol. The number of benzene rings is 1. The number of fused-ring (bicyclic) bond motifs is 1. The van der Waals surface area contributed by atoms with Crippen LogP contribution in [0.4, 0.5) is 5.95 Å². The zero-order valence-corrected chi connectivity index (χ0v) is 22.3. The molecule has 1 aromatic carbocycles. The zero-order valence-electron chi connectivity index (χ0n) is 20.8. The van der Waals surface area contributed by atoms with Gasteiger partial charge in [-0.2, -0.15) is 5.10 Å². The van der Waals surface area contributed by atoms with Gasteiger partial charge in [-0.15, -0.1) is 10.2 Å². The van der Waals surface area contributed by atoms with E-state index in [9.17, 15) is 8.42 Å². The Bertz CT molecular complexity index is 1530. The van der Waals surface area contributed by atoms with Gasteiger partial charge in [0.05, 0.1) is 22.7 Å². The van der Waals surface area contributed by atoms with Crippen LogP contribution in [-0.4, -0.2) is 69.4 Å². The lowest BCUT2D eigenvalue weighted by atomic mass is 10.1. The molecule has 196 valence electrons. The van der Waals surface area contributed by atoms with Crippen molar-refractivity contribution in [2.75, 3.05) is 25.5 Å². The molecule has 2 N–H and O–H groups in total. The summed E-state index contributed by atoms with van der Waals surface area (Å²) in [4.78, 5) is 8.27. The van der Waals surface area contributed by atoms with E-state index in [1.807, 2.05) is 25.1 Å². The van der Waals surface area contributed by atoms with Gasteiger partial charge in [-0.05, 0) is 38.8 Å². The predicted molar refractivity (Wildman–Crippen MR) is 138 cm³/mol. The van der Waals surface area contributed by atoms with E-state index in [0.29, 0.717) is 23.1 Å². The molecule has 0 radical (unpaired) electrons. The first-order chi connectivity index (χ1) is 17.7. The standard InChI is InChI=1S/C23H27ClN8O4S/c1-13-5-6-17-16(9-13)18(28-27-17)21-29-30-22(32(21)23(7-8-23)12-35-3)31-37(33,34)14(2)19(36-4)20-25-10-15(24)11-26-20/h5-6,9-11,14,19H,7-8,12H2,1-4H3,(H,27,28)(H,30,31). The number of aromatic amines is 1. The van der Waals surface area contributed by atoms with Crippen molar-refractivity contribution in [1.29, 1.82) is 0 Å². The Kier molecular flexibility index (Phi) is 6.64. The van der Waals surface area contributed by atoms with E-state index >= 15 is 0 Å². The molecule has 12 nitrogen and oxygen atoms in total. The smallest absolute Gasteiger partial charge is 0.240 e. The van der Waals surface area contributed by atoms with Crippen molar-refractivity contribution < 1.29 is 17.9 Å². The minimum absolute atomic E-state index is 0.0760. The number of aromatic nitrogens is 7. The fourth-order valence-corrected chi connectivity index (χ4v) is 5.68. The van der Waals surface area contributed by atoms with E-state index in [2.05, 4.69) is 35.1 Å². The minimum Gasteiger partial charge on any atom is -0.382 e. The third kappa shape index (κ3) is 4.67. The number of methoxy groups -OCH3 is 2. The van der Waals surface area contributed by atoms with Crippen molar-refractivity contribution in [3.05, 3.63) is 47.0 Å². The molecule has 3 aromatic heterocycles. The topological polar surface area (TPSA) is 150 Å². The van der Waals surface area contributed by atoms with Gasteiger partial charge in [0.1, 0.15) is 17.0 Å². The Morgan fingerprint density at radius 3 is 2.59 bits per heavy atom. The van der Waals surface area contributed by atoms with Gasteiger partial charge >= 0.3 is 0 Å². The van der Waals surface area contributed by atoms with Gasteiger partial charge in [-0.1, -0.05) is 23.2 Å². The molecule has 1 saturated carbocycles. The van der Waals surface area contributed by atoms with Crippen LogP contribution in [-0.2, 0) is 25.0 Å². The largest absolute Gasteiger partial charge is 0.382 e. The van der Waals surface area contributed by atoms with Crippen LogP contribution in [0.1, 0.15) is 37.3 Å². The molecule has 0 aliphatic heterocycles. The molecule has 0 bridgehead atoms. The van der Waals surface area contributed by atoms with Crippen LogP contribution in [0, 0.1) is 6.92 Å². The molecule has 3 heterocycles. The maximum absolute atomic E-state index is 13.5. The van der Waals surface area contributed by atoms with Crippen molar-refractivity contribution in [3.63, 3.8) is 0 Å². The highest BCUT2D eigenvalue weighted by molar-refractivity contribution is 7.93. The lowest BCUT2D eigenvalue weighted by Crippen LogP contribution is -2.35. The summed E-state index contributed by atoms with van der Waals surface area (Å²) in [6.45, 7) is 3.87. The number of hydrogen-bond acceptors (Lipinski definition) is 9. The molecule has 1 aliphatic carbocycles. The van der Waals surface area contributed by atoms with Gasteiger partial charge in [-0.3, -0.25) is 14.4 Å². The van der Waals surface area contributed by atoms with E-state index in [-0.39, 0.29) is 11.8 Å². The van der Waals surface area contributed by atoms with Gasteiger partial charge in [0, 0.05) is 32.0 Å². The number of anilines is 1. The molecule has 2 unspecified atom stereocenters. The van der Waals surface area contributed by atoms with Gasteiger partial charge in [0.25, 0.3) is 0 Å². The molecule has 0 saturated heterocycles. The monoisotopic (exact) mass is 546 g/mol. The molecule has 5 rings (SSSR count). The van der Waals surface area contributed by atoms with Crippen molar-refractivity contribution in [2.24, 2.45) is 0 Å². The van der Waals surface area contributed by atoms with Gasteiger partial charge < -0.3 is 9.47 Å². The first kappa shape index (κ1) is 25.5. The van der Waals surface area contributed by atoms with Crippen LogP contribution in [0.25, 0.3) is 22.4 Å². The maximum atomic E-state index is 13.5. The molecule has 0 spiro atoms. The van der Waals surface area contributed by atoms with Crippen LogP contribution >= 0.6 is 11.6 Å². The molecule has 1 aliphatic rings. The van der Waals surface area contributed by atoms with Crippen LogP contribution in [0.3, 0.4) is 0 Å². The molecule has 2 atom stereocenters. The Morgan fingerprint density at radius 1 is 1.22 bits per heavy atom. The minimum atomic E-state index is -4.04. The van der Waals surface area contributed by atoms with E-state index in [0.717, 1.165) is 29.3 Å². The number of nitrogens with zero attached hydrogens (tertiary/aromatic N) is 6. The van der Waals surface area contributed by atoms with E-state index < -0.39 is 26.9 Å². The Morgan fingerprint density at radius 2 is 1.95 bits per heavy atom. The summed E-state index contributed by atoms with van der Waals surface area (Å²) in [5, 5.41) is 16.3. The number of rotatable bonds is 10. The van der Waals surface area contributed by atoms with Gasteiger partial charge in [0.15, 0.2) is 11.6 Å². The highest BCUT2D eigenvalue weighted by atomic mass is 35.5. The summed E-state index contributed by atoms with van der Waals surface area (Å²) >= 11 is 5.89. The van der Waals surface area contributed by atoms with E-state index in [4.69, 9.17) is 21.1 Å². The number of sulfonamides is 1. The Hall–Kier alpha value is -3.13. The van der Waals surface area contributed by atoms with Crippen molar-refractivity contribution in [3.8, 4) is 11.5 Å². The molecule has 37 heavy (non-hydrogen) atoms.